The zero-order chi connectivity index (χ0) is 13.7. The van der Waals surface area contributed by atoms with Crippen LogP contribution in [-0.4, -0.2) is 23.6 Å². The van der Waals surface area contributed by atoms with Gasteiger partial charge in [0.2, 0.25) is 5.91 Å². The van der Waals surface area contributed by atoms with E-state index in [0.29, 0.717) is 13.1 Å². The van der Waals surface area contributed by atoms with Crippen LogP contribution >= 0.6 is 0 Å². The Hall–Kier alpha value is -1.81. The molecule has 0 unspecified atom stereocenters. The zero-order valence-electron chi connectivity index (χ0n) is 11.6. The summed E-state index contributed by atoms with van der Waals surface area (Å²) in [4.78, 5) is 11.7. The van der Waals surface area contributed by atoms with E-state index in [9.17, 15) is 4.79 Å². The monoisotopic (exact) mass is 259 g/mol. The predicted octanol–water partition coefficient (Wildman–Crippen LogP) is 1.89. The molecule has 1 aromatic heterocycles. The number of aromatic nitrogens is 1. The highest BCUT2D eigenvalue weighted by Crippen LogP contribution is 2.20. The number of amides is 1. The molecule has 0 saturated heterocycles. The zero-order valence-corrected chi connectivity index (χ0v) is 11.6. The fourth-order valence-corrected chi connectivity index (χ4v) is 2.25. The lowest BCUT2D eigenvalue weighted by atomic mass is 10.1. The van der Waals surface area contributed by atoms with E-state index in [-0.39, 0.29) is 5.91 Å². The first-order valence-corrected chi connectivity index (χ1v) is 6.80. The maximum Gasteiger partial charge on any atom is 0.239 e. The van der Waals surface area contributed by atoms with Gasteiger partial charge in [0.05, 0.1) is 0 Å². The second kappa shape index (κ2) is 6.38. The number of fused-ring (bicyclic) bond motifs is 1. The Bertz CT molecular complexity index is 560. The maximum atomic E-state index is 11.7. The van der Waals surface area contributed by atoms with Crippen molar-refractivity contribution in [3.8, 4) is 0 Å². The molecule has 0 fully saturated rings. The Morgan fingerprint density at radius 2 is 2.05 bits per heavy atom. The lowest BCUT2D eigenvalue weighted by molar-refractivity contribution is -0.121. The quantitative estimate of drug-likeness (QED) is 0.832. The molecule has 0 bridgehead atoms. The first-order chi connectivity index (χ1) is 9.26. The van der Waals surface area contributed by atoms with Crippen molar-refractivity contribution in [2.45, 2.75) is 26.9 Å². The van der Waals surface area contributed by atoms with Crippen LogP contribution in [-0.2, 0) is 17.9 Å². The Balaban J connectivity index is 2.25. The van der Waals surface area contributed by atoms with Crippen molar-refractivity contribution in [3.63, 3.8) is 0 Å². The molecule has 4 nitrogen and oxygen atoms in total. The topological polar surface area (TPSA) is 46.1 Å². The highest BCUT2D eigenvalue weighted by Gasteiger charge is 2.07. The van der Waals surface area contributed by atoms with Crippen LogP contribution in [0.25, 0.3) is 10.9 Å². The average Bonchev–Trinajstić information content (AvgIpc) is 2.80. The fraction of sp³-hybridized carbons (Fsp3) is 0.400. The van der Waals surface area contributed by atoms with E-state index in [0.717, 1.165) is 18.6 Å². The normalized spacial score (nSPS) is 10.8. The minimum atomic E-state index is 0.0529. The van der Waals surface area contributed by atoms with Gasteiger partial charge in [-0.1, -0.05) is 19.1 Å². The van der Waals surface area contributed by atoms with Crippen LogP contribution in [0.5, 0.6) is 0 Å². The molecule has 102 valence electrons. The third-order valence-corrected chi connectivity index (χ3v) is 3.16. The van der Waals surface area contributed by atoms with Gasteiger partial charge in [-0.3, -0.25) is 4.79 Å². The number of benzene rings is 1. The van der Waals surface area contributed by atoms with Crippen molar-refractivity contribution in [2.24, 2.45) is 0 Å². The summed E-state index contributed by atoms with van der Waals surface area (Å²) < 4.78 is 2.00. The van der Waals surface area contributed by atoms with Gasteiger partial charge in [0.15, 0.2) is 0 Å². The molecular weight excluding hydrogens is 238 g/mol. The van der Waals surface area contributed by atoms with Crippen LogP contribution < -0.4 is 10.6 Å². The van der Waals surface area contributed by atoms with Crippen LogP contribution in [0.3, 0.4) is 0 Å². The molecule has 19 heavy (non-hydrogen) atoms. The van der Waals surface area contributed by atoms with Gasteiger partial charge in [-0.25, -0.2) is 0 Å². The van der Waals surface area contributed by atoms with E-state index in [4.69, 9.17) is 0 Å². The molecule has 4 heteroatoms. The summed E-state index contributed by atoms with van der Waals surface area (Å²) in [5.41, 5.74) is 2.38. The molecule has 0 spiro atoms. The minimum Gasteiger partial charge on any atom is -0.355 e. The molecule has 2 aromatic rings. The van der Waals surface area contributed by atoms with E-state index < -0.39 is 0 Å². The van der Waals surface area contributed by atoms with Crippen molar-refractivity contribution < 1.29 is 4.79 Å². The van der Waals surface area contributed by atoms with Crippen molar-refractivity contribution in [1.82, 2.24) is 15.2 Å². The second-order valence-electron chi connectivity index (χ2n) is 4.53. The summed E-state index contributed by atoms with van der Waals surface area (Å²) in [7, 11) is 0. The highest BCUT2D eigenvalue weighted by atomic mass is 16.1. The van der Waals surface area contributed by atoms with Gasteiger partial charge < -0.3 is 15.2 Å². The molecule has 0 aliphatic carbocycles. The van der Waals surface area contributed by atoms with E-state index in [1.807, 2.05) is 23.8 Å². The van der Waals surface area contributed by atoms with E-state index in [2.05, 4.69) is 35.8 Å². The average molecular weight is 259 g/mol. The highest BCUT2D eigenvalue weighted by molar-refractivity contribution is 5.85. The SMILES string of the molecule is CCNCc1cccc2c1ccn2CC(=O)NCC. The molecule has 0 aliphatic heterocycles. The van der Waals surface area contributed by atoms with Crippen LogP contribution in [0.15, 0.2) is 30.5 Å². The van der Waals surface area contributed by atoms with Crippen molar-refractivity contribution >= 4 is 16.8 Å². The molecular formula is C15H21N3O. The third-order valence-electron chi connectivity index (χ3n) is 3.16. The summed E-state index contributed by atoms with van der Waals surface area (Å²) in [5, 5.41) is 7.38. The Kier molecular flexibility index (Phi) is 4.58. The van der Waals surface area contributed by atoms with Crippen LogP contribution in [0.1, 0.15) is 19.4 Å². The summed E-state index contributed by atoms with van der Waals surface area (Å²) >= 11 is 0. The summed E-state index contributed by atoms with van der Waals surface area (Å²) in [6.07, 6.45) is 1.98. The number of hydrogen-bond donors (Lipinski definition) is 2. The summed E-state index contributed by atoms with van der Waals surface area (Å²) in [5.74, 6) is 0.0529. The van der Waals surface area contributed by atoms with Crippen LogP contribution in [0.2, 0.25) is 0 Å². The first kappa shape index (κ1) is 13.6. The van der Waals surface area contributed by atoms with Crippen molar-refractivity contribution in [3.05, 3.63) is 36.0 Å². The summed E-state index contributed by atoms with van der Waals surface area (Å²) in [6, 6.07) is 8.32. The number of rotatable bonds is 6. The van der Waals surface area contributed by atoms with Crippen molar-refractivity contribution in [1.29, 1.82) is 0 Å². The van der Waals surface area contributed by atoms with Gasteiger partial charge in [0, 0.05) is 30.2 Å². The molecule has 1 amide bonds. The molecule has 2 rings (SSSR count). The maximum absolute atomic E-state index is 11.7. The Morgan fingerprint density at radius 3 is 2.79 bits per heavy atom. The van der Waals surface area contributed by atoms with Gasteiger partial charge in [-0.2, -0.15) is 0 Å². The van der Waals surface area contributed by atoms with E-state index >= 15 is 0 Å². The molecule has 0 atom stereocenters. The van der Waals surface area contributed by atoms with Crippen LogP contribution in [0, 0.1) is 0 Å². The standard InChI is InChI=1S/C15H21N3O/c1-3-16-10-12-6-5-7-14-13(12)8-9-18(14)11-15(19)17-4-2/h5-9,16H,3-4,10-11H2,1-2H3,(H,17,19). The van der Waals surface area contributed by atoms with Gasteiger partial charge in [0.1, 0.15) is 6.54 Å². The van der Waals surface area contributed by atoms with Gasteiger partial charge >= 0.3 is 0 Å². The Labute approximate surface area is 113 Å². The first-order valence-electron chi connectivity index (χ1n) is 6.80. The van der Waals surface area contributed by atoms with Gasteiger partial charge in [-0.05, 0) is 31.2 Å². The minimum absolute atomic E-state index is 0.0529. The van der Waals surface area contributed by atoms with E-state index in [1.54, 1.807) is 0 Å². The predicted molar refractivity (Wildman–Crippen MR) is 78.0 cm³/mol. The molecule has 2 N–H and O–H groups in total. The lowest BCUT2D eigenvalue weighted by Crippen LogP contribution is -2.26. The molecule has 1 heterocycles. The second-order valence-corrected chi connectivity index (χ2v) is 4.53. The Morgan fingerprint density at radius 1 is 1.21 bits per heavy atom. The smallest absolute Gasteiger partial charge is 0.239 e. The van der Waals surface area contributed by atoms with E-state index in [1.165, 1.54) is 10.9 Å². The number of likely N-dealkylation sites (N-methyl/N-ethyl adjacent to an activating group) is 1. The van der Waals surface area contributed by atoms with Crippen molar-refractivity contribution in [2.75, 3.05) is 13.1 Å². The van der Waals surface area contributed by atoms with Gasteiger partial charge in [-0.15, -0.1) is 0 Å². The van der Waals surface area contributed by atoms with Crippen LogP contribution in [0.4, 0.5) is 0 Å². The largest absolute Gasteiger partial charge is 0.355 e. The number of nitrogens with zero attached hydrogens (tertiary/aromatic N) is 1. The molecule has 1 aromatic carbocycles. The number of carbonyl (C=O) groups is 1. The number of hydrogen-bond acceptors (Lipinski definition) is 2. The molecule has 0 saturated carbocycles. The lowest BCUT2D eigenvalue weighted by Gasteiger charge is -2.07. The van der Waals surface area contributed by atoms with Gasteiger partial charge in [0.25, 0.3) is 0 Å². The third kappa shape index (κ3) is 3.15. The molecule has 0 radical (unpaired) electrons. The summed E-state index contributed by atoms with van der Waals surface area (Å²) in [6.45, 7) is 6.89. The fourth-order valence-electron chi connectivity index (χ4n) is 2.25. The molecule has 0 aliphatic rings. The number of nitrogens with one attached hydrogen (secondary N) is 2. The number of carbonyl (C=O) groups excluding carboxylic acids is 1.